The molecule has 0 aliphatic heterocycles. The molecule has 5 nitrogen and oxygen atoms in total. The number of hydrogen-bond donors (Lipinski definition) is 1. The standard InChI is InChI=1S/C29H40ClNO4S/c1-3-4-5-7-24-18-20-29(21-19-24,31-36(33,34)27-16-14-26(30)15-17-27)22-25-12-10-23(11-13-25)8-6-9-28(32)35-2/h10-17,24,31H,3-9,18-22H2,1-2H3/t24-,29+. The molecule has 1 aliphatic rings. The Labute approximate surface area is 222 Å². The number of esters is 1. The Morgan fingerprint density at radius 2 is 1.64 bits per heavy atom. The van der Waals surface area contributed by atoms with E-state index in [1.165, 1.54) is 32.8 Å². The van der Waals surface area contributed by atoms with Crippen LogP contribution in [0.2, 0.25) is 5.02 Å². The van der Waals surface area contributed by atoms with Crippen molar-refractivity contribution >= 4 is 27.6 Å². The van der Waals surface area contributed by atoms with Crippen molar-refractivity contribution in [1.82, 2.24) is 4.72 Å². The summed E-state index contributed by atoms with van der Waals surface area (Å²) in [6.45, 7) is 2.22. The quantitative estimate of drug-likeness (QED) is 0.225. The van der Waals surface area contributed by atoms with Crippen LogP contribution in [0, 0.1) is 5.92 Å². The molecule has 36 heavy (non-hydrogen) atoms. The van der Waals surface area contributed by atoms with E-state index in [9.17, 15) is 13.2 Å². The largest absolute Gasteiger partial charge is 0.469 e. The molecule has 0 heterocycles. The number of carbonyl (C=O) groups excluding carboxylic acids is 1. The average Bonchev–Trinajstić information content (AvgIpc) is 2.86. The monoisotopic (exact) mass is 533 g/mol. The molecule has 198 valence electrons. The molecule has 0 bridgehead atoms. The Bertz CT molecular complexity index is 1060. The van der Waals surface area contributed by atoms with Crippen LogP contribution in [-0.2, 0) is 32.4 Å². The summed E-state index contributed by atoms with van der Waals surface area (Å²) in [7, 11) is -2.27. The van der Waals surface area contributed by atoms with Gasteiger partial charge in [0.05, 0.1) is 12.0 Å². The van der Waals surface area contributed by atoms with Gasteiger partial charge in [-0.3, -0.25) is 4.79 Å². The minimum Gasteiger partial charge on any atom is -0.469 e. The highest BCUT2D eigenvalue weighted by atomic mass is 35.5. The van der Waals surface area contributed by atoms with Crippen molar-refractivity contribution in [1.29, 1.82) is 0 Å². The van der Waals surface area contributed by atoms with Crippen molar-refractivity contribution in [2.24, 2.45) is 5.92 Å². The van der Waals surface area contributed by atoms with E-state index in [1.54, 1.807) is 24.3 Å². The van der Waals surface area contributed by atoms with Gasteiger partial charge in [-0.05, 0) is 86.3 Å². The number of ether oxygens (including phenoxy) is 1. The van der Waals surface area contributed by atoms with E-state index in [-0.39, 0.29) is 10.9 Å². The highest BCUT2D eigenvalue weighted by Crippen LogP contribution is 2.38. The van der Waals surface area contributed by atoms with Crippen molar-refractivity contribution in [3.05, 3.63) is 64.7 Å². The normalized spacial score (nSPS) is 20.2. The molecule has 1 fully saturated rings. The van der Waals surface area contributed by atoms with Crippen LogP contribution in [0.5, 0.6) is 0 Å². The van der Waals surface area contributed by atoms with Gasteiger partial charge in [0, 0.05) is 17.0 Å². The first-order chi connectivity index (χ1) is 17.2. The summed E-state index contributed by atoms with van der Waals surface area (Å²) in [6, 6.07) is 14.7. The number of hydrogen-bond acceptors (Lipinski definition) is 4. The predicted molar refractivity (Wildman–Crippen MR) is 146 cm³/mol. The summed E-state index contributed by atoms with van der Waals surface area (Å²) in [5.41, 5.74) is 1.78. The molecule has 3 rings (SSSR count). The lowest BCUT2D eigenvalue weighted by Crippen LogP contribution is -2.52. The van der Waals surface area contributed by atoms with Crippen molar-refractivity contribution in [3.63, 3.8) is 0 Å². The molecule has 0 aromatic heterocycles. The molecular weight excluding hydrogens is 494 g/mol. The summed E-state index contributed by atoms with van der Waals surface area (Å²) < 4.78 is 34.6. The molecule has 2 aromatic rings. The van der Waals surface area contributed by atoms with Gasteiger partial charge in [0.15, 0.2) is 0 Å². The Kier molecular flexibility index (Phi) is 10.8. The van der Waals surface area contributed by atoms with Crippen LogP contribution in [0.15, 0.2) is 53.4 Å². The number of benzene rings is 2. The van der Waals surface area contributed by atoms with E-state index in [1.807, 2.05) is 0 Å². The molecule has 1 N–H and O–H groups in total. The molecule has 7 heteroatoms. The highest BCUT2D eigenvalue weighted by Gasteiger charge is 2.39. The zero-order chi connectivity index (χ0) is 26.0. The summed E-state index contributed by atoms with van der Waals surface area (Å²) >= 11 is 5.99. The van der Waals surface area contributed by atoms with Crippen LogP contribution in [0.4, 0.5) is 0 Å². The van der Waals surface area contributed by atoms with Gasteiger partial charge in [0.1, 0.15) is 0 Å². The fraction of sp³-hybridized carbons (Fsp3) is 0.552. The van der Waals surface area contributed by atoms with Crippen molar-refractivity contribution in [3.8, 4) is 0 Å². The van der Waals surface area contributed by atoms with Gasteiger partial charge in [-0.1, -0.05) is 68.5 Å². The molecule has 0 saturated heterocycles. The lowest BCUT2D eigenvalue weighted by atomic mass is 9.73. The molecule has 0 radical (unpaired) electrons. The van der Waals surface area contributed by atoms with Crippen LogP contribution >= 0.6 is 11.6 Å². The molecular formula is C29H40ClNO4S. The van der Waals surface area contributed by atoms with Gasteiger partial charge >= 0.3 is 5.97 Å². The third-order valence-corrected chi connectivity index (χ3v) is 9.24. The van der Waals surface area contributed by atoms with Crippen LogP contribution in [-0.4, -0.2) is 27.0 Å². The lowest BCUT2D eigenvalue weighted by Gasteiger charge is -2.41. The zero-order valence-electron chi connectivity index (χ0n) is 21.6. The van der Waals surface area contributed by atoms with Crippen molar-refractivity contribution < 1.29 is 17.9 Å². The number of rotatable bonds is 13. The van der Waals surface area contributed by atoms with E-state index < -0.39 is 15.6 Å². The second-order valence-electron chi connectivity index (χ2n) is 10.2. The molecule has 1 aliphatic carbocycles. The summed E-state index contributed by atoms with van der Waals surface area (Å²) in [5, 5.41) is 0.517. The second kappa shape index (κ2) is 13.6. The number of sulfonamides is 1. The Balaban J connectivity index is 1.72. The maximum Gasteiger partial charge on any atom is 0.305 e. The van der Waals surface area contributed by atoms with Gasteiger partial charge in [0.25, 0.3) is 0 Å². The molecule has 1 saturated carbocycles. The van der Waals surface area contributed by atoms with Crippen molar-refractivity contribution in [2.75, 3.05) is 7.11 Å². The third-order valence-electron chi connectivity index (χ3n) is 7.39. The number of aryl methyl sites for hydroxylation is 1. The number of halogens is 1. The van der Waals surface area contributed by atoms with Gasteiger partial charge in [-0.2, -0.15) is 0 Å². The smallest absolute Gasteiger partial charge is 0.305 e. The van der Waals surface area contributed by atoms with Gasteiger partial charge in [-0.15, -0.1) is 0 Å². The van der Waals surface area contributed by atoms with E-state index in [4.69, 9.17) is 16.3 Å². The fourth-order valence-corrected chi connectivity index (χ4v) is 6.81. The lowest BCUT2D eigenvalue weighted by molar-refractivity contribution is -0.140. The summed E-state index contributed by atoms with van der Waals surface area (Å²) in [5.74, 6) is 0.480. The van der Waals surface area contributed by atoms with Crippen LogP contribution in [0.1, 0.15) is 82.3 Å². The summed E-state index contributed by atoms with van der Waals surface area (Å²) in [4.78, 5) is 11.6. The maximum atomic E-state index is 13.4. The maximum absolute atomic E-state index is 13.4. The summed E-state index contributed by atoms with van der Waals surface area (Å²) in [6.07, 6.45) is 11.3. The van der Waals surface area contributed by atoms with E-state index >= 15 is 0 Å². The first-order valence-corrected chi connectivity index (χ1v) is 15.1. The van der Waals surface area contributed by atoms with Crippen molar-refractivity contribution in [2.45, 2.75) is 94.4 Å². The van der Waals surface area contributed by atoms with E-state index in [0.717, 1.165) is 49.7 Å². The minimum absolute atomic E-state index is 0.188. The Hall–Kier alpha value is -1.89. The zero-order valence-corrected chi connectivity index (χ0v) is 23.2. The van der Waals surface area contributed by atoms with Crippen LogP contribution in [0.3, 0.4) is 0 Å². The molecule has 2 aromatic carbocycles. The first-order valence-electron chi connectivity index (χ1n) is 13.2. The van der Waals surface area contributed by atoms with Crippen LogP contribution in [0.25, 0.3) is 0 Å². The molecule has 0 amide bonds. The second-order valence-corrected chi connectivity index (χ2v) is 12.3. The number of methoxy groups -OCH3 is 1. The molecule has 0 atom stereocenters. The Morgan fingerprint density at radius 1 is 1.00 bits per heavy atom. The average molecular weight is 534 g/mol. The van der Waals surface area contributed by atoms with Gasteiger partial charge < -0.3 is 4.74 Å². The van der Waals surface area contributed by atoms with Gasteiger partial charge in [0.2, 0.25) is 10.0 Å². The molecule has 0 spiro atoms. The SMILES string of the molecule is CCCCC[C@H]1CC[C@@](Cc2ccc(CCCC(=O)OC)cc2)(NS(=O)(=O)c2ccc(Cl)cc2)CC1. The first kappa shape index (κ1) is 28.7. The number of carbonyl (C=O) groups is 1. The Morgan fingerprint density at radius 3 is 2.25 bits per heavy atom. The number of unbranched alkanes of at least 4 members (excludes halogenated alkanes) is 2. The topological polar surface area (TPSA) is 72.5 Å². The fourth-order valence-electron chi connectivity index (χ4n) is 5.23. The molecule has 0 unspecified atom stereocenters. The van der Waals surface area contributed by atoms with Gasteiger partial charge in [-0.25, -0.2) is 13.1 Å². The minimum atomic E-state index is -3.68. The highest BCUT2D eigenvalue weighted by molar-refractivity contribution is 7.89. The van der Waals surface area contributed by atoms with Crippen LogP contribution < -0.4 is 4.72 Å². The van der Waals surface area contributed by atoms with E-state index in [0.29, 0.717) is 23.8 Å². The van der Waals surface area contributed by atoms with E-state index in [2.05, 4.69) is 35.9 Å². The number of nitrogens with one attached hydrogen (secondary N) is 1. The predicted octanol–water partition coefficient (Wildman–Crippen LogP) is 6.87. The third kappa shape index (κ3) is 8.60.